The molecule has 0 heterocycles. The summed E-state index contributed by atoms with van der Waals surface area (Å²) in [4.78, 5) is 12.6. The van der Waals surface area contributed by atoms with Crippen LogP contribution in [-0.4, -0.2) is 18.1 Å². The van der Waals surface area contributed by atoms with Gasteiger partial charge < -0.3 is 10.1 Å². The molecule has 0 unspecified atom stereocenters. The maximum atomic E-state index is 12.6. The van der Waals surface area contributed by atoms with E-state index in [1.54, 1.807) is 0 Å². The molecule has 0 aromatic heterocycles. The molecule has 146 valence electrons. The predicted molar refractivity (Wildman–Crippen MR) is 107 cm³/mol. The van der Waals surface area contributed by atoms with Crippen LogP contribution in [0.4, 0.5) is 0 Å². The number of hydrogen-bond acceptors (Lipinski definition) is 2. The van der Waals surface area contributed by atoms with E-state index in [0.717, 1.165) is 23.5 Å². The van der Waals surface area contributed by atoms with Crippen molar-refractivity contribution in [3.05, 3.63) is 29.8 Å². The Hall–Kier alpha value is -1.51. The Morgan fingerprint density at radius 1 is 0.926 bits per heavy atom. The molecular weight excluding hydrogens is 334 g/mol. The largest absolute Gasteiger partial charge is 0.484 e. The quantitative estimate of drug-likeness (QED) is 0.777. The smallest absolute Gasteiger partial charge is 0.258 e. The van der Waals surface area contributed by atoms with Crippen LogP contribution in [0.25, 0.3) is 0 Å². The molecule has 5 saturated carbocycles. The summed E-state index contributed by atoms with van der Waals surface area (Å²) < 4.78 is 5.81. The molecule has 3 nitrogen and oxygen atoms in total. The Bertz CT molecular complexity index is 639. The van der Waals surface area contributed by atoms with Crippen molar-refractivity contribution in [3.63, 3.8) is 0 Å². The van der Waals surface area contributed by atoms with Crippen molar-refractivity contribution in [2.45, 2.75) is 82.1 Å². The first-order valence-electron chi connectivity index (χ1n) is 11.2. The monoisotopic (exact) mass is 367 g/mol. The number of amides is 1. The minimum Gasteiger partial charge on any atom is -0.484 e. The molecule has 27 heavy (non-hydrogen) atoms. The van der Waals surface area contributed by atoms with Gasteiger partial charge in [0.05, 0.1) is 0 Å². The molecule has 0 atom stereocenters. The molecule has 0 radical (unpaired) electrons. The molecule has 5 aliphatic rings. The van der Waals surface area contributed by atoms with E-state index in [-0.39, 0.29) is 18.1 Å². The van der Waals surface area contributed by atoms with Gasteiger partial charge in [-0.25, -0.2) is 0 Å². The SMILES string of the molecule is O=C(COc1ccc(C2CCCCC2)cc1)NC12CC3CC(CC(C3)C1)C2. The topological polar surface area (TPSA) is 38.3 Å². The fourth-order valence-electron chi connectivity index (χ4n) is 7.02. The van der Waals surface area contributed by atoms with E-state index < -0.39 is 0 Å². The van der Waals surface area contributed by atoms with Gasteiger partial charge in [0.2, 0.25) is 0 Å². The molecule has 1 aromatic rings. The molecule has 1 N–H and O–H groups in total. The molecule has 5 fully saturated rings. The van der Waals surface area contributed by atoms with E-state index in [9.17, 15) is 4.79 Å². The first-order chi connectivity index (χ1) is 13.2. The van der Waals surface area contributed by atoms with Crippen LogP contribution in [0.3, 0.4) is 0 Å². The van der Waals surface area contributed by atoms with Gasteiger partial charge in [-0.1, -0.05) is 31.4 Å². The summed E-state index contributed by atoms with van der Waals surface area (Å²) in [6.07, 6.45) is 14.5. The number of hydrogen-bond donors (Lipinski definition) is 1. The van der Waals surface area contributed by atoms with E-state index >= 15 is 0 Å². The van der Waals surface area contributed by atoms with Crippen molar-refractivity contribution in [1.29, 1.82) is 0 Å². The zero-order chi connectivity index (χ0) is 18.3. The van der Waals surface area contributed by atoms with Gasteiger partial charge in [-0.05, 0) is 92.7 Å². The molecule has 1 amide bonds. The number of carbonyl (C=O) groups is 1. The lowest BCUT2D eigenvalue weighted by molar-refractivity contribution is -0.128. The second-order valence-electron chi connectivity index (χ2n) is 9.94. The highest BCUT2D eigenvalue weighted by atomic mass is 16.5. The molecule has 1 aromatic carbocycles. The number of nitrogens with one attached hydrogen (secondary N) is 1. The summed E-state index contributed by atoms with van der Waals surface area (Å²) in [7, 11) is 0. The highest BCUT2D eigenvalue weighted by Crippen LogP contribution is 2.55. The summed E-state index contributed by atoms with van der Waals surface area (Å²) in [5, 5.41) is 3.39. The number of carbonyl (C=O) groups excluding carboxylic acids is 1. The van der Waals surface area contributed by atoms with Gasteiger partial charge in [-0.3, -0.25) is 4.79 Å². The third-order valence-corrected chi connectivity index (χ3v) is 7.77. The lowest BCUT2D eigenvalue weighted by Crippen LogP contribution is -2.60. The van der Waals surface area contributed by atoms with Gasteiger partial charge >= 0.3 is 0 Å². The van der Waals surface area contributed by atoms with Crippen LogP contribution in [0, 0.1) is 17.8 Å². The van der Waals surface area contributed by atoms with Gasteiger partial charge in [0.15, 0.2) is 6.61 Å². The Morgan fingerprint density at radius 3 is 2.11 bits per heavy atom. The first kappa shape index (κ1) is 17.6. The van der Waals surface area contributed by atoms with Gasteiger partial charge in [0.25, 0.3) is 5.91 Å². The maximum Gasteiger partial charge on any atom is 0.258 e. The second kappa shape index (κ2) is 7.14. The summed E-state index contributed by atoms with van der Waals surface area (Å²) in [6.45, 7) is 0.143. The summed E-state index contributed by atoms with van der Waals surface area (Å²) in [6, 6.07) is 8.48. The summed E-state index contributed by atoms with van der Waals surface area (Å²) in [5.74, 6) is 4.15. The van der Waals surface area contributed by atoms with E-state index in [4.69, 9.17) is 4.74 Å². The van der Waals surface area contributed by atoms with Crippen LogP contribution in [0.15, 0.2) is 24.3 Å². The van der Waals surface area contributed by atoms with Crippen molar-refractivity contribution >= 4 is 5.91 Å². The van der Waals surface area contributed by atoms with E-state index in [0.29, 0.717) is 5.92 Å². The van der Waals surface area contributed by atoms with E-state index in [1.165, 1.54) is 76.2 Å². The Kier molecular flexibility index (Phi) is 4.65. The van der Waals surface area contributed by atoms with Crippen molar-refractivity contribution < 1.29 is 9.53 Å². The normalized spacial score (nSPS) is 35.2. The van der Waals surface area contributed by atoms with Crippen LogP contribution in [-0.2, 0) is 4.79 Å². The summed E-state index contributed by atoms with van der Waals surface area (Å²) >= 11 is 0. The van der Waals surface area contributed by atoms with Gasteiger partial charge in [0, 0.05) is 5.54 Å². The zero-order valence-corrected chi connectivity index (χ0v) is 16.4. The average molecular weight is 368 g/mol. The molecule has 0 aliphatic heterocycles. The zero-order valence-electron chi connectivity index (χ0n) is 16.4. The van der Waals surface area contributed by atoms with Crippen molar-refractivity contribution in [1.82, 2.24) is 5.32 Å². The fraction of sp³-hybridized carbons (Fsp3) is 0.708. The minimum atomic E-state index is 0.0632. The summed E-state index contributed by atoms with van der Waals surface area (Å²) in [5.41, 5.74) is 1.51. The Labute approximate surface area is 163 Å². The molecule has 5 aliphatic carbocycles. The second-order valence-corrected chi connectivity index (χ2v) is 9.94. The third kappa shape index (κ3) is 3.75. The predicted octanol–water partition coefficient (Wildman–Crippen LogP) is 5.20. The van der Waals surface area contributed by atoms with Gasteiger partial charge in [-0.2, -0.15) is 0 Å². The molecule has 0 saturated heterocycles. The molecule has 3 heteroatoms. The molecule has 0 spiro atoms. The lowest BCUT2D eigenvalue weighted by Gasteiger charge is -2.56. The van der Waals surface area contributed by atoms with Crippen molar-refractivity contribution in [2.24, 2.45) is 17.8 Å². The number of rotatable bonds is 5. The molecule has 4 bridgehead atoms. The van der Waals surface area contributed by atoms with Crippen LogP contribution >= 0.6 is 0 Å². The Balaban J connectivity index is 1.14. The fourth-order valence-corrected chi connectivity index (χ4v) is 7.02. The molecular formula is C24H33NO2. The number of ether oxygens (including phenoxy) is 1. The van der Waals surface area contributed by atoms with E-state index in [1.807, 2.05) is 12.1 Å². The van der Waals surface area contributed by atoms with Crippen LogP contribution in [0.2, 0.25) is 0 Å². The highest BCUT2D eigenvalue weighted by molar-refractivity contribution is 5.78. The highest BCUT2D eigenvalue weighted by Gasteiger charge is 2.51. The standard InChI is InChI=1S/C24H33NO2/c26-23(25-24-13-17-10-18(14-24)12-19(11-17)15-24)16-27-22-8-6-21(7-9-22)20-4-2-1-3-5-20/h6-9,17-20H,1-5,10-16H2,(H,25,26). The lowest BCUT2D eigenvalue weighted by atomic mass is 9.53. The minimum absolute atomic E-state index is 0.0632. The van der Waals surface area contributed by atoms with Crippen LogP contribution in [0.5, 0.6) is 5.75 Å². The maximum absolute atomic E-state index is 12.6. The molecule has 6 rings (SSSR count). The van der Waals surface area contributed by atoms with Gasteiger partial charge in [-0.15, -0.1) is 0 Å². The third-order valence-electron chi connectivity index (χ3n) is 7.77. The van der Waals surface area contributed by atoms with E-state index in [2.05, 4.69) is 17.4 Å². The van der Waals surface area contributed by atoms with Crippen LogP contribution < -0.4 is 10.1 Å². The Morgan fingerprint density at radius 2 is 1.52 bits per heavy atom. The van der Waals surface area contributed by atoms with Crippen molar-refractivity contribution in [3.8, 4) is 5.75 Å². The van der Waals surface area contributed by atoms with Crippen molar-refractivity contribution in [2.75, 3.05) is 6.61 Å². The number of benzene rings is 1. The first-order valence-corrected chi connectivity index (χ1v) is 11.2. The average Bonchev–Trinajstić information content (AvgIpc) is 2.66. The van der Waals surface area contributed by atoms with Gasteiger partial charge in [0.1, 0.15) is 5.75 Å². The van der Waals surface area contributed by atoms with Crippen LogP contribution in [0.1, 0.15) is 82.1 Å².